The summed E-state index contributed by atoms with van der Waals surface area (Å²) in [6.45, 7) is 4.56. The Morgan fingerprint density at radius 3 is 2.42 bits per heavy atom. The number of ether oxygens (including phenoxy) is 1. The summed E-state index contributed by atoms with van der Waals surface area (Å²) in [5, 5.41) is 12.8. The minimum Gasteiger partial charge on any atom is -0.496 e. The van der Waals surface area contributed by atoms with E-state index in [1.165, 1.54) is 27.3 Å². The van der Waals surface area contributed by atoms with E-state index in [0.29, 0.717) is 42.0 Å². The van der Waals surface area contributed by atoms with Gasteiger partial charge in [0.1, 0.15) is 11.6 Å². The molecule has 234 valence electrons. The van der Waals surface area contributed by atoms with Gasteiger partial charge in [0.2, 0.25) is 11.6 Å². The SMILES string of the molecule is COc1cc(-c2cccc(-c3cccc(NC(=O)c4nn(C)c(=O)n(C)c4=O)c3C)c2C)cc(F)c1CNC1CCC(=O)NC1. The van der Waals surface area contributed by atoms with E-state index in [0.717, 1.165) is 37.1 Å². The number of nitrogens with zero attached hydrogens (tertiary/aromatic N) is 3. The van der Waals surface area contributed by atoms with Gasteiger partial charge < -0.3 is 20.7 Å². The number of hydrogen-bond donors (Lipinski definition) is 3. The molecule has 1 aromatic heterocycles. The second-order valence-electron chi connectivity index (χ2n) is 11.1. The predicted molar refractivity (Wildman–Crippen MR) is 169 cm³/mol. The molecular weight excluding hydrogens is 579 g/mol. The molecule has 4 aromatic rings. The van der Waals surface area contributed by atoms with Gasteiger partial charge in [-0.05, 0) is 71.8 Å². The molecule has 3 N–H and O–H groups in total. The lowest BCUT2D eigenvalue weighted by atomic mass is 9.90. The zero-order chi connectivity index (χ0) is 32.4. The molecule has 1 saturated heterocycles. The van der Waals surface area contributed by atoms with E-state index in [1.807, 2.05) is 44.2 Å². The molecular formula is C33H35FN6O5. The summed E-state index contributed by atoms with van der Waals surface area (Å²) >= 11 is 0. The number of aryl methyl sites for hydroxylation is 1. The second kappa shape index (κ2) is 12.9. The molecule has 1 aliphatic rings. The first-order valence-electron chi connectivity index (χ1n) is 14.5. The van der Waals surface area contributed by atoms with Crippen LogP contribution in [0.3, 0.4) is 0 Å². The molecule has 5 rings (SSSR count). The number of amides is 2. The number of benzene rings is 3. The molecule has 12 heteroatoms. The van der Waals surface area contributed by atoms with Crippen LogP contribution in [-0.2, 0) is 25.4 Å². The van der Waals surface area contributed by atoms with Gasteiger partial charge in [0.05, 0.1) is 7.11 Å². The maximum absolute atomic E-state index is 15.6. The lowest BCUT2D eigenvalue weighted by Gasteiger charge is -2.24. The van der Waals surface area contributed by atoms with Gasteiger partial charge in [-0.15, -0.1) is 0 Å². The van der Waals surface area contributed by atoms with Crippen LogP contribution in [0.1, 0.15) is 40.0 Å². The first-order valence-corrected chi connectivity index (χ1v) is 14.5. The van der Waals surface area contributed by atoms with Gasteiger partial charge in [-0.3, -0.25) is 19.0 Å². The van der Waals surface area contributed by atoms with E-state index in [4.69, 9.17) is 4.74 Å². The van der Waals surface area contributed by atoms with Gasteiger partial charge in [0.15, 0.2) is 0 Å². The first kappa shape index (κ1) is 31.3. The number of carbonyl (C=O) groups is 2. The highest BCUT2D eigenvalue weighted by Gasteiger charge is 2.22. The molecule has 1 atom stereocenters. The van der Waals surface area contributed by atoms with Crippen molar-refractivity contribution < 1.29 is 18.7 Å². The molecule has 0 aliphatic carbocycles. The zero-order valence-electron chi connectivity index (χ0n) is 25.8. The minimum atomic E-state index is -0.792. The summed E-state index contributed by atoms with van der Waals surface area (Å²) in [6, 6.07) is 14.6. The number of anilines is 1. The number of halogens is 1. The molecule has 2 heterocycles. The van der Waals surface area contributed by atoms with Crippen LogP contribution in [0.15, 0.2) is 58.1 Å². The van der Waals surface area contributed by atoms with E-state index in [9.17, 15) is 19.2 Å². The van der Waals surface area contributed by atoms with Crippen LogP contribution in [0, 0.1) is 19.7 Å². The molecule has 0 bridgehead atoms. The number of nitrogens with one attached hydrogen (secondary N) is 3. The Kier molecular flexibility index (Phi) is 8.96. The van der Waals surface area contributed by atoms with Crippen molar-refractivity contribution in [3.8, 4) is 28.0 Å². The van der Waals surface area contributed by atoms with Crippen LogP contribution in [0.5, 0.6) is 5.75 Å². The monoisotopic (exact) mass is 614 g/mol. The molecule has 2 amide bonds. The number of rotatable bonds is 8. The van der Waals surface area contributed by atoms with Crippen LogP contribution in [0.25, 0.3) is 22.3 Å². The van der Waals surface area contributed by atoms with Crippen molar-refractivity contribution in [1.82, 2.24) is 25.0 Å². The van der Waals surface area contributed by atoms with Gasteiger partial charge in [-0.2, -0.15) is 5.10 Å². The average molecular weight is 615 g/mol. The number of carbonyl (C=O) groups excluding carboxylic acids is 2. The first-order chi connectivity index (χ1) is 21.5. The summed E-state index contributed by atoms with van der Waals surface area (Å²) in [6.07, 6.45) is 1.12. The van der Waals surface area contributed by atoms with Gasteiger partial charge in [-0.1, -0.05) is 30.3 Å². The summed E-state index contributed by atoms with van der Waals surface area (Å²) in [7, 11) is 4.16. The normalized spacial score (nSPS) is 14.6. The Hall–Kier alpha value is -5.10. The Bertz CT molecular complexity index is 1920. The molecule has 45 heavy (non-hydrogen) atoms. The summed E-state index contributed by atoms with van der Waals surface area (Å²) in [5.41, 5.74) is 3.87. The van der Waals surface area contributed by atoms with Gasteiger partial charge in [0.25, 0.3) is 11.5 Å². The lowest BCUT2D eigenvalue weighted by molar-refractivity contribution is -0.122. The van der Waals surface area contributed by atoms with Crippen molar-refractivity contribution in [3.05, 3.63) is 97.6 Å². The van der Waals surface area contributed by atoms with E-state index in [1.54, 1.807) is 12.1 Å². The Morgan fingerprint density at radius 1 is 1.04 bits per heavy atom. The van der Waals surface area contributed by atoms with Gasteiger partial charge in [0, 0.05) is 50.9 Å². The van der Waals surface area contributed by atoms with Crippen molar-refractivity contribution in [2.24, 2.45) is 14.1 Å². The van der Waals surface area contributed by atoms with Crippen LogP contribution >= 0.6 is 0 Å². The molecule has 0 saturated carbocycles. The van der Waals surface area contributed by atoms with Crippen molar-refractivity contribution in [2.75, 3.05) is 19.0 Å². The highest BCUT2D eigenvalue weighted by atomic mass is 19.1. The van der Waals surface area contributed by atoms with Gasteiger partial charge in [-0.25, -0.2) is 13.9 Å². The average Bonchev–Trinajstić information content (AvgIpc) is 3.03. The predicted octanol–water partition coefficient (Wildman–Crippen LogP) is 3.20. The number of piperidine rings is 1. The quantitative estimate of drug-likeness (QED) is 0.277. The maximum atomic E-state index is 15.6. The number of aromatic nitrogens is 3. The standard InChI is InChI=1S/C33H35FN6O5/c1-18-22(20-14-26(34)25(28(15-20)45-5)17-35-21-12-13-29(41)36-16-21)8-6-9-23(18)24-10-7-11-27(19(24)2)37-31(42)30-32(43)39(3)33(44)40(4)38-30/h6-11,14-15,21,35H,12-13,16-17H2,1-5H3,(H,36,41)(H,37,42). The Labute approximate surface area is 259 Å². The third-order valence-electron chi connectivity index (χ3n) is 8.26. The minimum absolute atomic E-state index is 0.0242. The molecule has 3 aromatic carbocycles. The molecule has 1 fully saturated rings. The van der Waals surface area contributed by atoms with Gasteiger partial charge >= 0.3 is 5.69 Å². The molecule has 11 nitrogen and oxygen atoms in total. The zero-order valence-corrected chi connectivity index (χ0v) is 25.8. The smallest absolute Gasteiger partial charge is 0.346 e. The topological polar surface area (TPSA) is 136 Å². The largest absolute Gasteiger partial charge is 0.496 e. The fourth-order valence-corrected chi connectivity index (χ4v) is 5.60. The van der Waals surface area contributed by atoms with Crippen molar-refractivity contribution >= 4 is 17.5 Å². The number of methoxy groups -OCH3 is 1. The van der Waals surface area contributed by atoms with Crippen LogP contribution in [0.4, 0.5) is 10.1 Å². The van der Waals surface area contributed by atoms with E-state index >= 15 is 4.39 Å². The molecule has 1 aliphatic heterocycles. The van der Waals surface area contributed by atoms with Crippen LogP contribution < -0.4 is 31.9 Å². The maximum Gasteiger partial charge on any atom is 0.346 e. The number of hydrogen-bond acceptors (Lipinski definition) is 7. The Balaban J connectivity index is 1.44. The fourth-order valence-electron chi connectivity index (χ4n) is 5.60. The highest BCUT2D eigenvalue weighted by molar-refractivity contribution is 6.03. The van der Waals surface area contributed by atoms with Crippen LogP contribution in [-0.4, -0.2) is 45.9 Å². The molecule has 0 spiro atoms. The van der Waals surface area contributed by atoms with E-state index < -0.39 is 28.7 Å². The highest BCUT2D eigenvalue weighted by Crippen LogP contribution is 2.37. The summed E-state index contributed by atoms with van der Waals surface area (Å²) in [4.78, 5) is 49.1. The fraction of sp³-hybridized carbons (Fsp3) is 0.303. The molecule has 1 unspecified atom stereocenters. The molecule has 0 radical (unpaired) electrons. The summed E-state index contributed by atoms with van der Waals surface area (Å²) < 4.78 is 22.9. The van der Waals surface area contributed by atoms with Crippen molar-refractivity contribution in [2.45, 2.75) is 39.3 Å². The summed E-state index contributed by atoms with van der Waals surface area (Å²) in [5.74, 6) is -0.694. The third kappa shape index (κ3) is 6.27. The lowest BCUT2D eigenvalue weighted by Crippen LogP contribution is -2.45. The Morgan fingerprint density at radius 2 is 1.73 bits per heavy atom. The van der Waals surface area contributed by atoms with E-state index in [2.05, 4.69) is 21.0 Å². The van der Waals surface area contributed by atoms with E-state index in [-0.39, 0.29) is 18.5 Å². The second-order valence-corrected chi connectivity index (χ2v) is 11.1. The van der Waals surface area contributed by atoms with Crippen molar-refractivity contribution in [3.63, 3.8) is 0 Å². The third-order valence-corrected chi connectivity index (χ3v) is 8.26. The van der Waals surface area contributed by atoms with Crippen LogP contribution in [0.2, 0.25) is 0 Å². The van der Waals surface area contributed by atoms with Crippen molar-refractivity contribution in [1.29, 1.82) is 0 Å².